The summed E-state index contributed by atoms with van der Waals surface area (Å²) >= 11 is 0. The molecule has 44 heavy (non-hydrogen) atoms. The molecule has 0 bridgehead atoms. The predicted octanol–water partition coefficient (Wildman–Crippen LogP) is 9.82. The first-order chi connectivity index (χ1) is 21.3. The fraction of sp³-hybridized carbons (Fsp3) is 0.850. The summed E-state index contributed by atoms with van der Waals surface area (Å²) in [5.74, 6) is 4.56. The van der Waals surface area contributed by atoms with E-state index in [0.29, 0.717) is 30.3 Å². The Morgan fingerprint density at radius 1 is 0.659 bits per heavy atom. The predicted molar refractivity (Wildman–Crippen MR) is 193 cm³/mol. The van der Waals surface area contributed by atoms with Crippen molar-refractivity contribution in [2.75, 3.05) is 26.2 Å². The Bertz CT molecular complexity index is 877. The number of likely N-dealkylation sites (N-methyl/N-ethyl adjacent to an activating group) is 2. The zero-order valence-electron chi connectivity index (χ0n) is 30.9. The summed E-state index contributed by atoms with van der Waals surface area (Å²) in [6.45, 7) is 28.8. The van der Waals surface area contributed by atoms with Crippen LogP contribution in [-0.2, 0) is 0 Å². The van der Waals surface area contributed by atoms with E-state index in [4.69, 9.17) is 0 Å². The minimum Gasteiger partial charge on any atom is -0.297 e. The van der Waals surface area contributed by atoms with Crippen molar-refractivity contribution in [1.29, 1.82) is 0 Å². The topological polar surface area (TPSA) is 30.5 Å². The summed E-state index contributed by atoms with van der Waals surface area (Å²) in [6, 6.07) is 11.1. The van der Waals surface area contributed by atoms with Crippen LogP contribution in [0.3, 0.4) is 0 Å². The second-order valence-corrected chi connectivity index (χ2v) is 14.7. The van der Waals surface area contributed by atoms with E-state index in [1.54, 1.807) is 5.56 Å². The highest BCUT2D eigenvalue weighted by Gasteiger charge is 2.37. The number of benzene rings is 1. The van der Waals surface area contributed by atoms with Crippen LogP contribution in [0.1, 0.15) is 157 Å². The molecule has 2 aliphatic rings. The minimum atomic E-state index is 0.457. The molecular formula is C40H74N4. The molecule has 0 saturated carbocycles. The molecule has 2 N–H and O–H groups in total. The van der Waals surface area contributed by atoms with Gasteiger partial charge in [0.25, 0.3) is 0 Å². The molecule has 1 aromatic rings. The van der Waals surface area contributed by atoms with Crippen molar-refractivity contribution in [2.24, 2.45) is 29.6 Å². The molecule has 2 saturated heterocycles. The maximum absolute atomic E-state index is 3.98. The van der Waals surface area contributed by atoms with Crippen molar-refractivity contribution < 1.29 is 0 Å². The first-order valence-electron chi connectivity index (χ1n) is 19.4. The Morgan fingerprint density at radius 3 is 1.75 bits per heavy atom. The molecule has 254 valence electrons. The van der Waals surface area contributed by atoms with E-state index in [2.05, 4.69) is 114 Å². The van der Waals surface area contributed by atoms with Crippen LogP contribution in [-0.4, -0.2) is 54.4 Å². The van der Waals surface area contributed by atoms with Gasteiger partial charge in [-0.15, -0.1) is 0 Å². The third kappa shape index (κ3) is 9.33. The lowest BCUT2D eigenvalue weighted by Crippen LogP contribution is -2.37. The molecule has 4 nitrogen and oxygen atoms in total. The van der Waals surface area contributed by atoms with Gasteiger partial charge in [-0.1, -0.05) is 132 Å². The van der Waals surface area contributed by atoms with Crippen LogP contribution in [0, 0.1) is 29.6 Å². The standard InChI is InChI=1S/C40H74N4/c1-11-19-35(29(9)21-22-30(10)37-27-43(17-7)39(15-5)41-37)33(13-3)34(14-4)36(20-12-2)31-23-25-32(26-24-31)38-28-44(18-8)40(16-6)42-38/h23-26,29-30,33-42H,11-22,27-28H2,1-10H3. The van der Waals surface area contributed by atoms with E-state index in [1.807, 2.05) is 0 Å². The van der Waals surface area contributed by atoms with Crippen molar-refractivity contribution in [3.8, 4) is 0 Å². The van der Waals surface area contributed by atoms with Gasteiger partial charge in [-0.05, 0) is 85.4 Å². The quantitative estimate of drug-likeness (QED) is 0.154. The molecule has 0 spiro atoms. The summed E-state index contributed by atoms with van der Waals surface area (Å²) in [4.78, 5) is 5.25. The van der Waals surface area contributed by atoms with Gasteiger partial charge in [-0.2, -0.15) is 0 Å². The average molecular weight is 611 g/mol. The summed E-state index contributed by atoms with van der Waals surface area (Å²) in [5.41, 5.74) is 3.06. The molecule has 0 radical (unpaired) electrons. The highest BCUT2D eigenvalue weighted by molar-refractivity contribution is 5.29. The van der Waals surface area contributed by atoms with Gasteiger partial charge in [0, 0.05) is 25.2 Å². The number of hydrogen-bond acceptors (Lipinski definition) is 4. The van der Waals surface area contributed by atoms with Crippen LogP contribution in [0.4, 0.5) is 0 Å². The van der Waals surface area contributed by atoms with Crippen LogP contribution < -0.4 is 10.6 Å². The first kappa shape index (κ1) is 37.5. The van der Waals surface area contributed by atoms with E-state index in [0.717, 1.165) is 49.2 Å². The summed E-state index contributed by atoms with van der Waals surface area (Å²) < 4.78 is 0. The number of nitrogens with one attached hydrogen (secondary N) is 2. The van der Waals surface area contributed by atoms with Gasteiger partial charge in [0.15, 0.2) is 0 Å². The molecule has 10 atom stereocenters. The van der Waals surface area contributed by atoms with E-state index < -0.39 is 0 Å². The third-order valence-corrected chi connectivity index (χ3v) is 12.2. The Hall–Kier alpha value is -0.940. The second kappa shape index (κ2) is 19.0. The lowest BCUT2D eigenvalue weighted by Gasteiger charge is -2.41. The Labute approximate surface area is 274 Å². The van der Waals surface area contributed by atoms with Crippen LogP contribution in [0.2, 0.25) is 0 Å². The van der Waals surface area contributed by atoms with Gasteiger partial charge in [0.1, 0.15) is 0 Å². The van der Waals surface area contributed by atoms with Crippen molar-refractivity contribution in [2.45, 2.75) is 164 Å². The zero-order valence-corrected chi connectivity index (χ0v) is 30.9. The molecule has 2 heterocycles. The van der Waals surface area contributed by atoms with Crippen molar-refractivity contribution in [3.05, 3.63) is 35.4 Å². The summed E-state index contributed by atoms with van der Waals surface area (Å²) in [5, 5.41) is 7.88. The molecular weight excluding hydrogens is 536 g/mol. The third-order valence-electron chi connectivity index (χ3n) is 12.2. The molecule has 3 rings (SSSR count). The Balaban J connectivity index is 1.73. The summed E-state index contributed by atoms with van der Waals surface area (Å²) in [6.07, 6.45) is 14.0. The molecule has 10 unspecified atom stereocenters. The fourth-order valence-corrected chi connectivity index (χ4v) is 9.45. The smallest absolute Gasteiger partial charge is 0.0600 e. The van der Waals surface area contributed by atoms with Gasteiger partial charge in [-0.3, -0.25) is 20.4 Å². The maximum Gasteiger partial charge on any atom is 0.0600 e. The molecule has 0 aliphatic carbocycles. The van der Waals surface area contributed by atoms with Crippen LogP contribution in [0.15, 0.2) is 24.3 Å². The van der Waals surface area contributed by atoms with Crippen molar-refractivity contribution in [1.82, 2.24) is 20.4 Å². The lowest BCUT2D eigenvalue weighted by molar-refractivity contribution is 0.116. The molecule has 0 amide bonds. The van der Waals surface area contributed by atoms with E-state index in [9.17, 15) is 0 Å². The van der Waals surface area contributed by atoms with Crippen molar-refractivity contribution in [3.63, 3.8) is 0 Å². The fourth-order valence-electron chi connectivity index (χ4n) is 9.45. The van der Waals surface area contributed by atoms with Crippen LogP contribution in [0.25, 0.3) is 0 Å². The minimum absolute atomic E-state index is 0.457. The van der Waals surface area contributed by atoms with E-state index in [1.165, 1.54) is 76.3 Å². The van der Waals surface area contributed by atoms with E-state index in [-0.39, 0.29) is 0 Å². The second-order valence-electron chi connectivity index (χ2n) is 14.7. The first-order valence-corrected chi connectivity index (χ1v) is 19.4. The highest BCUT2D eigenvalue weighted by Crippen LogP contribution is 2.45. The molecule has 2 fully saturated rings. The van der Waals surface area contributed by atoms with Gasteiger partial charge in [0.05, 0.1) is 12.3 Å². The Kier molecular flexibility index (Phi) is 16.2. The van der Waals surface area contributed by atoms with Gasteiger partial charge in [-0.25, -0.2) is 0 Å². The zero-order chi connectivity index (χ0) is 32.2. The van der Waals surface area contributed by atoms with Gasteiger partial charge >= 0.3 is 0 Å². The molecule has 2 aliphatic heterocycles. The SMILES string of the molecule is CCCC(c1ccc(C2CN(CC)C(CC)N2)cc1)C(CC)C(CC)C(CCC)C(C)CCC(C)C1CN(CC)C(CC)N1. The molecule has 1 aromatic carbocycles. The highest BCUT2D eigenvalue weighted by atomic mass is 15.3. The van der Waals surface area contributed by atoms with E-state index >= 15 is 0 Å². The van der Waals surface area contributed by atoms with Crippen molar-refractivity contribution >= 4 is 0 Å². The summed E-state index contributed by atoms with van der Waals surface area (Å²) in [7, 11) is 0. The van der Waals surface area contributed by atoms with Gasteiger partial charge in [0.2, 0.25) is 0 Å². The van der Waals surface area contributed by atoms with Crippen LogP contribution in [0.5, 0.6) is 0 Å². The maximum atomic E-state index is 3.98. The van der Waals surface area contributed by atoms with Crippen LogP contribution >= 0.6 is 0 Å². The van der Waals surface area contributed by atoms with Gasteiger partial charge < -0.3 is 0 Å². The monoisotopic (exact) mass is 611 g/mol. The number of rotatable bonds is 20. The average Bonchev–Trinajstić information content (AvgIpc) is 3.68. The molecule has 4 heteroatoms. The normalized spacial score (nSPS) is 27.3. The number of hydrogen-bond donors (Lipinski definition) is 2. The Morgan fingerprint density at radius 2 is 1.25 bits per heavy atom. The largest absolute Gasteiger partial charge is 0.297 e. The lowest BCUT2D eigenvalue weighted by atomic mass is 9.64. The number of nitrogens with zero attached hydrogens (tertiary/aromatic N) is 2. The molecule has 0 aromatic heterocycles.